The molecule has 4 rings (SSSR count). The number of nitrogens with zero attached hydrogens (tertiary/aromatic N) is 3. The van der Waals surface area contributed by atoms with Gasteiger partial charge in [0.2, 0.25) is 0 Å². The van der Waals surface area contributed by atoms with Gasteiger partial charge in [0.15, 0.2) is 0 Å². The molecule has 2 heterocycles. The number of piperazine rings is 1. The van der Waals surface area contributed by atoms with Crippen molar-refractivity contribution in [2.75, 3.05) is 31.5 Å². The summed E-state index contributed by atoms with van der Waals surface area (Å²) in [4.78, 5) is 34.0. The number of rotatable bonds is 6. The van der Waals surface area contributed by atoms with Crippen LogP contribution in [0.3, 0.4) is 0 Å². The van der Waals surface area contributed by atoms with Gasteiger partial charge in [-0.1, -0.05) is 11.6 Å². The number of hydrogen-bond acceptors (Lipinski definition) is 4. The predicted octanol–water partition coefficient (Wildman–Crippen LogP) is 4.54. The standard InChI is InChI=1S/C26H34ClN5O2/c1-16-9-21(13-28-19(16)4)25(33)30-24-11-23(27)10-22(18(24)3)15-31-7-8-32(17(2)14-31)26(34)29-12-20-5-6-20/h9-11,13,17,20H,5-8,12,14-15H2,1-4H3,(H,29,34)(H,30,33)/t17-/m0/s1. The van der Waals surface area contributed by atoms with Crippen molar-refractivity contribution in [3.05, 3.63) is 57.4 Å². The van der Waals surface area contributed by atoms with E-state index >= 15 is 0 Å². The van der Waals surface area contributed by atoms with Crippen LogP contribution in [-0.4, -0.2) is 58.9 Å². The summed E-state index contributed by atoms with van der Waals surface area (Å²) in [6.45, 7) is 11.7. The minimum atomic E-state index is -0.202. The fourth-order valence-corrected chi connectivity index (χ4v) is 4.61. The van der Waals surface area contributed by atoms with Crippen LogP contribution in [0.1, 0.15) is 52.5 Å². The van der Waals surface area contributed by atoms with E-state index in [0.717, 1.165) is 42.0 Å². The van der Waals surface area contributed by atoms with E-state index < -0.39 is 0 Å². The Morgan fingerprint density at radius 3 is 2.59 bits per heavy atom. The number of anilines is 1. The molecule has 8 heteroatoms. The highest BCUT2D eigenvalue weighted by atomic mass is 35.5. The molecule has 1 aliphatic heterocycles. The van der Waals surface area contributed by atoms with Gasteiger partial charge in [0.1, 0.15) is 0 Å². The summed E-state index contributed by atoms with van der Waals surface area (Å²) in [7, 11) is 0. The number of halogens is 1. The van der Waals surface area contributed by atoms with Gasteiger partial charge in [0, 0.05) is 61.4 Å². The maximum atomic E-state index is 12.8. The SMILES string of the molecule is Cc1cc(C(=O)Nc2cc(Cl)cc(CN3CCN(C(=O)NCC4CC4)[C@@H](C)C3)c2C)cnc1C. The molecule has 3 amide bonds. The van der Waals surface area contributed by atoms with Crippen LogP contribution in [0, 0.1) is 26.7 Å². The van der Waals surface area contributed by atoms with Gasteiger partial charge in [-0.05, 0) is 81.3 Å². The van der Waals surface area contributed by atoms with E-state index in [4.69, 9.17) is 11.6 Å². The van der Waals surface area contributed by atoms with Crippen LogP contribution < -0.4 is 10.6 Å². The van der Waals surface area contributed by atoms with Gasteiger partial charge in [0.25, 0.3) is 5.91 Å². The van der Waals surface area contributed by atoms with Crippen LogP contribution in [0.25, 0.3) is 0 Å². The van der Waals surface area contributed by atoms with Crippen LogP contribution in [-0.2, 0) is 6.54 Å². The molecule has 1 atom stereocenters. The van der Waals surface area contributed by atoms with Crippen molar-refractivity contribution in [3.63, 3.8) is 0 Å². The molecule has 2 fully saturated rings. The molecule has 1 aliphatic carbocycles. The van der Waals surface area contributed by atoms with E-state index in [1.807, 2.05) is 37.8 Å². The Hall–Kier alpha value is -2.64. The van der Waals surface area contributed by atoms with Gasteiger partial charge >= 0.3 is 6.03 Å². The number of pyridine rings is 1. The zero-order valence-electron chi connectivity index (χ0n) is 20.4. The van der Waals surface area contributed by atoms with Gasteiger partial charge in [-0.3, -0.25) is 14.7 Å². The first-order chi connectivity index (χ1) is 16.2. The number of nitrogens with one attached hydrogen (secondary N) is 2. The lowest BCUT2D eigenvalue weighted by molar-refractivity contribution is 0.0973. The molecular weight excluding hydrogens is 450 g/mol. The van der Waals surface area contributed by atoms with Crippen molar-refractivity contribution in [1.29, 1.82) is 0 Å². The third-order valence-corrected chi connectivity index (χ3v) is 7.15. The molecule has 0 radical (unpaired) electrons. The van der Waals surface area contributed by atoms with E-state index in [9.17, 15) is 9.59 Å². The monoisotopic (exact) mass is 483 g/mol. The van der Waals surface area contributed by atoms with Gasteiger partial charge in [-0.25, -0.2) is 4.79 Å². The van der Waals surface area contributed by atoms with Crippen LogP contribution >= 0.6 is 11.6 Å². The lowest BCUT2D eigenvalue weighted by Gasteiger charge is -2.40. The summed E-state index contributed by atoms with van der Waals surface area (Å²) in [5.74, 6) is 0.471. The lowest BCUT2D eigenvalue weighted by Crippen LogP contribution is -2.56. The molecule has 7 nitrogen and oxygen atoms in total. The number of benzene rings is 1. The van der Waals surface area contributed by atoms with E-state index in [0.29, 0.717) is 35.3 Å². The third kappa shape index (κ3) is 5.88. The Morgan fingerprint density at radius 2 is 1.91 bits per heavy atom. The third-order valence-electron chi connectivity index (χ3n) is 6.94. The summed E-state index contributed by atoms with van der Waals surface area (Å²) in [6.07, 6.45) is 4.05. The topological polar surface area (TPSA) is 77.6 Å². The molecule has 0 bridgehead atoms. The predicted molar refractivity (Wildman–Crippen MR) is 135 cm³/mol. The molecule has 182 valence electrons. The molecular formula is C26H34ClN5O2. The lowest BCUT2D eigenvalue weighted by atomic mass is 10.0. The Balaban J connectivity index is 1.40. The average molecular weight is 484 g/mol. The first-order valence-electron chi connectivity index (χ1n) is 12.0. The fourth-order valence-electron chi connectivity index (χ4n) is 4.37. The number of hydrogen-bond donors (Lipinski definition) is 2. The van der Waals surface area contributed by atoms with Crippen LogP contribution in [0.4, 0.5) is 10.5 Å². The number of amides is 3. The summed E-state index contributed by atoms with van der Waals surface area (Å²) in [6, 6.07) is 5.77. The smallest absolute Gasteiger partial charge is 0.317 e. The molecule has 1 saturated heterocycles. The van der Waals surface area contributed by atoms with Crippen molar-refractivity contribution in [2.24, 2.45) is 5.92 Å². The second kappa shape index (κ2) is 10.3. The molecule has 2 N–H and O–H groups in total. The molecule has 1 aromatic heterocycles. The highest BCUT2D eigenvalue weighted by Crippen LogP contribution is 2.28. The van der Waals surface area contributed by atoms with Crippen molar-refractivity contribution in [3.8, 4) is 0 Å². The maximum Gasteiger partial charge on any atom is 0.317 e. The summed E-state index contributed by atoms with van der Waals surface area (Å²) in [5.41, 5.74) is 5.18. The zero-order chi connectivity index (χ0) is 24.4. The average Bonchev–Trinajstić information content (AvgIpc) is 3.62. The Morgan fingerprint density at radius 1 is 1.15 bits per heavy atom. The fraction of sp³-hybridized carbons (Fsp3) is 0.500. The largest absolute Gasteiger partial charge is 0.338 e. The minimum Gasteiger partial charge on any atom is -0.338 e. The second-order valence-electron chi connectivity index (χ2n) is 9.72. The number of aryl methyl sites for hydroxylation is 2. The number of aromatic nitrogens is 1. The van der Waals surface area contributed by atoms with Gasteiger partial charge < -0.3 is 15.5 Å². The van der Waals surface area contributed by atoms with Crippen LogP contribution in [0.2, 0.25) is 5.02 Å². The normalized spacial score (nSPS) is 18.6. The van der Waals surface area contributed by atoms with Crippen molar-refractivity contribution in [1.82, 2.24) is 20.1 Å². The maximum absolute atomic E-state index is 12.8. The van der Waals surface area contributed by atoms with E-state index in [2.05, 4.69) is 27.4 Å². The Labute approximate surface area is 206 Å². The molecule has 0 spiro atoms. The van der Waals surface area contributed by atoms with E-state index in [1.54, 1.807) is 12.3 Å². The molecule has 2 aromatic rings. The van der Waals surface area contributed by atoms with E-state index in [-0.39, 0.29) is 18.0 Å². The summed E-state index contributed by atoms with van der Waals surface area (Å²) in [5, 5.41) is 6.67. The van der Waals surface area contributed by atoms with Crippen LogP contribution in [0.5, 0.6) is 0 Å². The van der Waals surface area contributed by atoms with Crippen molar-refractivity contribution in [2.45, 2.75) is 53.1 Å². The quantitative estimate of drug-likeness (QED) is 0.632. The zero-order valence-corrected chi connectivity index (χ0v) is 21.2. The minimum absolute atomic E-state index is 0.0452. The van der Waals surface area contributed by atoms with Crippen LogP contribution in [0.15, 0.2) is 24.4 Å². The molecule has 2 aliphatic rings. The van der Waals surface area contributed by atoms with Gasteiger partial charge in [-0.15, -0.1) is 0 Å². The first-order valence-corrected chi connectivity index (χ1v) is 12.4. The van der Waals surface area contributed by atoms with Gasteiger partial charge in [-0.2, -0.15) is 0 Å². The van der Waals surface area contributed by atoms with Crippen molar-refractivity contribution < 1.29 is 9.59 Å². The highest BCUT2D eigenvalue weighted by Gasteiger charge is 2.29. The molecule has 1 aromatic carbocycles. The number of carbonyl (C=O) groups is 2. The first kappa shape index (κ1) is 24.5. The highest BCUT2D eigenvalue weighted by molar-refractivity contribution is 6.31. The molecule has 34 heavy (non-hydrogen) atoms. The number of carbonyl (C=O) groups excluding carboxylic acids is 2. The molecule has 1 saturated carbocycles. The summed E-state index contributed by atoms with van der Waals surface area (Å²) < 4.78 is 0. The second-order valence-corrected chi connectivity index (χ2v) is 10.2. The van der Waals surface area contributed by atoms with Crippen molar-refractivity contribution >= 4 is 29.2 Å². The Kier molecular flexibility index (Phi) is 7.43. The number of urea groups is 1. The van der Waals surface area contributed by atoms with E-state index in [1.165, 1.54) is 12.8 Å². The Bertz CT molecular complexity index is 1090. The van der Waals surface area contributed by atoms with Gasteiger partial charge in [0.05, 0.1) is 5.56 Å². The molecule has 0 unspecified atom stereocenters. The summed E-state index contributed by atoms with van der Waals surface area (Å²) >= 11 is 6.43.